The minimum Gasteiger partial charge on any atom is -0.354 e. The molecule has 1 N–H and O–H groups in total. The number of carbonyl (C=O) groups is 2. The summed E-state index contributed by atoms with van der Waals surface area (Å²) in [7, 11) is 0. The monoisotopic (exact) mass is 296 g/mol. The third kappa shape index (κ3) is 2.14. The van der Waals surface area contributed by atoms with Crippen molar-refractivity contribution < 1.29 is 9.59 Å². The summed E-state index contributed by atoms with van der Waals surface area (Å²) >= 11 is 1.76. The van der Waals surface area contributed by atoms with Crippen LogP contribution in [0.4, 0.5) is 0 Å². The quantitative estimate of drug-likeness (QED) is 0.864. The number of hydrogen-bond acceptors (Lipinski definition) is 3. The topological polar surface area (TPSA) is 49.4 Å². The van der Waals surface area contributed by atoms with Crippen LogP contribution in [0.3, 0.4) is 0 Å². The lowest BCUT2D eigenvalue weighted by Gasteiger charge is -2.41. The van der Waals surface area contributed by atoms with Crippen LogP contribution in [0.5, 0.6) is 0 Å². The molecule has 3 fully saturated rings. The van der Waals surface area contributed by atoms with E-state index in [9.17, 15) is 9.59 Å². The summed E-state index contributed by atoms with van der Waals surface area (Å²) in [6, 6.07) is -0.256. The molecule has 2 saturated heterocycles. The summed E-state index contributed by atoms with van der Waals surface area (Å²) in [5.41, 5.74) is 0.333. The molecule has 0 aromatic rings. The Hall–Kier alpha value is -0.710. The van der Waals surface area contributed by atoms with E-state index >= 15 is 0 Å². The van der Waals surface area contributed by atoms with Crippen molar-refractivity contribution in [1.82, 2.24) is 10.2 Å². The van der Waals surface area contributed by atoms with Gasteiger partial charge in [-0.1, -0.05) is 13.3 Å². The smallest absolute Gasteiger partial charge is 0.243 e. The van der Waals surface area contributed by atoms with Gasteiger partial charge < -0.3 is 10.2 Å². The first kappa shape index (κ1) is 14.2. The molecule has 2 amide bonds. The normalized spacial score (nSPS) is 34.8. The molecule has 2 atom stereocenters. The lowest BCUT2D eigenvalue weighted by atomic mass is 9.67. The van der Waals surface area contributed by atoms with Gasteiger partial charge in [0, 0.05) is 18.7 Å². The van der Waals surface area contributed by atoms with Gasteiger partial charge in [-0.25, -0.2) is 0 Å². The first-order valence-corrected chi connectivity index (χ1v) is 8.72. The van der Waals surface area contributed by atoms with Gasteiger partial charge in [-0.2, -0.15) is 0 Å². The zero-order valence-electron chi connectivity index (χ0n) is 12.4. The van der Waals surface area contributed by atoms with Crippen molar-refractivity contribution in [3.8, 4) is 0 Å². The number of carbonyl (C=O) groups excluding carboxylic acids is 2. The molecular formula is C15H24N2O2S. The standard InChI is InChI=1S/C15H24N2O2S/c1-3-15(6-4-7-15)10-16-13(19)11-9-20-14(2)8-5-12(18)17(11)14/h11H,3-10H2,1-2H3,(H,16,19). The first-order chi connectivity index (χ1) is 9.50. The van der Waals surface area contributed by atoms with Crippen molar-refractivity contribution in [1.29, 1.82) is 0 Å². The van der Waals surface area contributed by atoms with Crippen LogP contribution >= 0.6 is 11.8 Å². The Kier molecular flexibility index (Phi) is 3.51. The molecule has 0 spiro atoms. The zero-order chi connectivity index (χ0) is 14.4. The maximum absolute atomic E-state index is 12.5. The Balaban J connectivity index is 1.62. The van der Waals surface area contributed by atoms with Crippen LogP contribution in [0.2, 0.25) is 0 Å². The SMILES string of the molecule is CCC1(CNC(=O)C2CSC3(C)CCC(=O)N23)CCC1. The van der Waals surface area contributed by atoms with Gasteiger partial charge in [-0.3, -0.25) is 9.59 Å². The summed E-state index contributed by atoms with van der Waals surface area (Å²) in [5, 5.41) is 3.12. The molecule has 112 valence electrons. The Bertz CT molecular complexity index is 430. The number of nitrogens with zero attached hydrogens (tertiary/aromatic N) is 1. The molecule has 20 heavy (non-hydrogen) atoms. The molecule has 2 aliphatic heterocycles. The summed E-state index contributed by atoms with van der Waals surface area (Å²) < 4.78 is 0. The van der Waals surface area contributed by atoms with E-state index in [1.54, 1.807) is 11.8 Å². The molecule has 2 heterocycles. The molecule has 0 bridgehead atoms. The van der Waals surface area contributed by atoms with Gasteiger partial charge in [0.25, 0.3) is 0 Å². The van der Waals surface area contributed by atoms with E-state index in [4.69, 9.17) is 0 Å². The molecule has 3 aliphatic rings. The van der Waals surface area contributed by atoms with Gasteiger partial charge in [0.05, 0.1) is 4.87 Å². The zero-order valence-corrected chi connectivity index (χ0v) is 13.2. The first-order valence-electron chi connectivity index (χ1n) is 7.74. The number of fused-ring (bicyclic) bond motifs is 1. The molecule has 0 aromatic heterocycles. The minimum atomic E-state index is -0.256. The number of amides is 2. The van der Waals surface area contributed by atoms with E-state index in [0.29, 0.717) is 11.8 Å². The van der Waals surface area contributed by atoms with Gasteiger partial charge in [0.1, 0.15) is 6.04 Å². The van der Waals surface area contributed by atoms with Crippen molar-refractivity contribution in [2.24, 2.45) is 5.41 Å². The van der Waals surface area contributed by atoms with Crippen LogP contribution in [0, 0.1) is 5.41 Å². The van der Waals surface area contributed by atoms with Crippen molar-refractivity contribution in [3.63, 3.8) is 0 Å². The van der Waals surface area contributed by atoms with Gasteiger partial charge in [0.2, 0.25) is 11.8 Å². The Morgan fingerprint density at radius 1 is 1.45 bits per heavy atom. The number of hydrogen-bond donors (Lipinski definition) is 1. The van der Waals surface area contributed by atoms with Crippen molar-refractivity contribution >= 4 is 23.6 Å². The summed E-state index contributed by atoms with van der Waals surface area (Å²) in [6.07, 6.45) is 6.33. The number of thioether (sulfide) groups is 1. The molecule has 2 unspecified atom stereocenters. The highest BCUT2D eigenvalue weighted by Crippen LogP contribution is 2.47. The van der Waals surface area contributed by atoms with Gasteiger partial charge in [0.15, 0.2) is 0 Å². The second-order valence-electron chi connectivity index (χ2n) is 6.69. The Morgan fingerprint density at radius 2 is 2.20 bits per heavy atom. The molecular weight excluding hydrogens is 272 g/mol. The summed E-state index contributed by atoms with van der Waals surface area (Å²) in [5.74, 6) is 0.940. The number of nitrogens with one attached hydrogen (secondary N) is 1. The van der Waals surface area contributed by atoms with E-state index < -0.39 is 0 Å². The number of rotatable bonds is 4. The fourth-order valence-corrected chi connectivity index (χ4v) is 5.17. The van der Waals surface area contributed by atoms with Gasteiger partial charge in [-0.05, 0) is 38.0 Å². The van der Waals surface area contributed by atoms with Gasteiger partial charge in [-0.15, -0.1) is 11.8 Å². The highest BCUT2D eigenvalue weighted by atomic mass is 32.2. The molecule has 4 nitrogen and oxygen atoms in total. The molecule has 0 radical (unpaired) electrons. The largest absolute Gasteiger partial charge is 0.354 e. The van der Waals surface area contributed by atoms with E-state index in [1.807, 2.05) is 4.90 Å². The molecule has 3 rings (SSSR count). The highest BCUT2D eigenvalue weighted by molar-refractivity contribution is 8.01. The van der Waals surface area contributed by atoms with Gasteiger partial charge >= 0.3 is 0 Å². The van der Waals surface area contributed by atoms with E-state index in [-0.39, 0.29) is 22.7 Å². The summed E-state index contributed by atoms with van der Waals surface area (Å²) in [6.45, 7) is 5.08. The fraction of sp³-hybridized carbons (Fsp3) is 0.867. The predicted molar refractivity (Wildman–Crippen MR) is 80.3 cm³/mol. The Morgan fingerprint density at radius 3 is 2.80 bits per heavy atom. The van der Waals surface area contributed by atoms with Crippen LogP contribution < -0.4 is 5.32 Å². The highest BCUT2D eigenvalue weighted by Gasteiger charge is 2.53. The average Bonchev–Trinajstić information content (AvgIpc) is 2.86. The average molecular weight is 296 g/mol. The lowest BCUT2D eigenvalue weighted by Crippen LogP contribution is -2.52. The second-order valence-corrected chi connectivity index (χ2v) is 8.19. The fourth-order valence-electron chi connectivity index (χ4n) is 3.74. The Labute approximate surface area is 125 Å². The molecule has 0 aromatic carbocycles. The van der Waals surface area contributed by atoms with E-state index in [2.05, 4.69) is 19.2 Å². The minimum absolute atomic E-state index is 0.0520. The predicted octanol–water partition coefficient (Wildman–Crippen LogP) is 2.14. The maximum atomic E-state index is 12.5. The van der Waals surface area contributed by atoms with Crippen molar-refractivity contribution in [2.75, 3.05) is 12.3 Å². The molecule has 1 aliphatic carbocycles. The summed E-state index contributed by atoms with van der Waals surface area (Å²) in [4.78, 5) is 26.2. The van der Waals surface area contributed by atoms with Crippen molar-refractivity contribution in [2.45, 2.75) is 63.3 Å². The third-order valence-electron chi connectivity index (χ3n) is 5.55. The lowest BCUT2D eigenvalue weighted by molar-refractivity contribution is -0.138. The molecule has 5 heteroatoms. The van der Waals surface area contributed by atoms with Crippen molar-refractivity contribution in [3.05, 3.63) is 0 Å². The third-order valence-corrected chi connectivity index (χ3v) is 7.05. The van der Waals surface area contributed by atoms with Crippen LogP contribution in [-0.4, -0.2) is 39.9 Å². The van der Waals surface area contributed by atoms with E-state index in [1.165, 1.54) is 19.3 Å². The van der Waals surface area contributed by atoms with Crippen LogP contribution in [0.25, 0.3) is 0 Å². The van der Waals surface area contributed by atoms with Crippen LogP contribution in [-0.2, 0) is 9.59 Å². The second kappa shape index (κ2) is 4.93. The van der Waals surface area contributed by atoms with E-state index in [0.717, 1.165) is 25.1 Å². The maximum Gasteiger partial charge on any atom is 0.243 e. The van der Waals surface area contributed by atoms with Crippen LogP contribution in [0.1, 0.15) is 52.4 Å². The molecule has 1 saturated carbocycles. The van der Waals surface area contributed by atoms with Crippen LogP contribution in [0.15, 0.2) is 0 Å².